The average molecular weight is 323 g/mol. The minimum absolute atomic E-state index is 0.391. The molecule has 3 nitrogen and oxygen atoms in total. The van der Waals surface area contributed by atoms with Crippen LogP contribution in [0, 0.1) is 5.92 Å². The molecule has 2 atom stereocenters. The third-order valence-electron chi connectivity index (χ3n) is 3.23. The average Bonchev–Trinajstić information content (AvgIpc) is 2.44. The molecule has 22 heavy (non-hydrogen) atoms. The summed E-state index contributed by atoms with van der Waals surface area (Å²) in [6, 6.07) is 4.32. The molecule has 0 aliphatic rings. The van der Waals surface area contributed by atoms with Crippen molar-refractivity contribution in [3.63, 3.8) is 0 Å². The Balaban J connectivity index is 2.68. The first kappa shape index (κ1) is 18.7. The van der Waals surface area contributed by atoms with Crippen molar-refractivity contribution in [1.82, 2.24) is 0 Å². The smallest absolute Gasteiger partial charge is 0.428 e. The molecule has 0 unspecified atom stereocenters. The Hall–Kier alpha value is -1.34. The Bertz CT molecular complexity index is 451. The lowest BCUT2D eigenvalue weighted by molar-refractivity contribution is -0.253. The number of halogens is 4. The van der Waals surface area contributed by atoms with E-state index in [0.29, 0.717) is 17.9 Å². The normalized spacial score (nSPS) is 15.2. The first-order chi connectivity index (χ1) is 10.1. The van der Waals surface area contributed by atoms with Crippen LogP contribution in [0.2, 0.25) is 0 Å². The van der Waals surface area contributed by atoms with Crippen LogP contribution in [-0.2, 0) is 0 Å². The van der Waals surface area contributed by atoms with E-state index in [1.807, 2.05) is 13.8 Å². The summed E-state index contributed by atoms with van der Waals surface area (Å²) in [7, 11) is 0. The van der Waals surface area contributed by atoms with E-state index < -0.39 is 30.4 Å². The third-order valence-corrected chi connectivity index (χ3v) is 3.23. The molecule has 0 saturated heterocycles. The Kier molecular flexibility index (Phi) is 6.62. The molecule has 0 bridgehead atoms. The fraction of sp³-hybridized carbons (Fsp3) is 0.600. The molecule has 1 aromatic rings. The lowest BCUT2D eigenvalue weighted by atomic mass is 9.96. The van der Waals surface area contributed by atoms with Crippen molar-refractivity contribution in [3.8, 4) is 5.75 Å². The first-order valence-electron chi connectivity index (χ1n) is 7.02. The number of rotatable bonds is 8. The van der Waals surface area contributed by atoms with Crippen LogP contribution in [-0.4, -0.2) is 23.7 Å². The number of aliphatic hydroxyl groups is 1. The second-order valence-corrected chi connectivity index (χ2v) is 5.60. The topological polar surface area (TPSA) is 55.5 Å². The van der Waals surface area contributed by atoms with Gasteiger partial charge in [0.2, 0.25) is 0 Å². The summed E-state index contributed by atoms with van der Waals surface area (Å²) in [6.07, 6.45) is -7.90. The van der Waals surface area contributed by atoms with Crippen molar-refractivity contribution in [1.29, 1.82) is 0 Å². The minimum atomic E-state index is -4.54. The van der Waals surface area contributed by atoms with Crippen molar-refractivity contribution in [3.05, 3.63) is 29.8 Å². The van der Waals surface area contributed by atoms with Gasteiger partial charge in [-0.05, 0) is 36.5 Å². The number of hydrogen-bond acceptors (Lipinski definition) is 3. The molecule has 0 aliphatic carbocycles. The molecule has 0 spiro atoms. The largest absolute Gasteiger partial charge is 0.461 e. The monoisotopic (exact) mass is 323 g/mol. The van der Waals surface area contributed by atoms with Gasteiger partial charge < -0.3 is 15.6 Å². The highest BCUT2D eigenvalue weighted by molar-refractivity contribution is 5.29. The quantitative estimate of drug-likeness (QED) is 0.717. The van der Waals surface area contributed by atoms with Crippen LogP contribution in [0.5, 0.6) is 5.75 Å². The third kappa shape index (κ3) is 5.46. The number of aliphatic hydroxyl groups excluding tert-OH is 1. The summed E-state index contributed by atoms with van der Waals surface area (Å²) >= 11 is 0. The van der Waals surface area contributed by atoms with E-state index in [4.69, 9.17) is 5.73 Å². The van der Waals surface area contributed by atoms with Crippen LogP contribution in [0.15, 0.2) is 24.3 Å². The van der Waals surface area contributed by atoms with E-state index in [0.717, 1.165) is 18.6 Å². The number of hydrogen-bond donors (Lipinski definition) is 2. The summed E-state index contributed by atoms with van der Waals surface area (Å²) < 4.78 is 53.5. The molecule has 0 aromatic heterocycles. The van der Waals surface area contributed by atoms with Gasteiger partial charge in [-0.2, -0.15) is 17.6 Å². The van der Waals surface area contributed by atoms with Gasteiger partial charge in [0.25, 0.3) is 0 Å². The van der Waals surface area contributed by atoms with Crippen molar-refractivity contribution in [2.45, 2.75) is 51.4 Å². The molecule has 7 heteroatoms. The predicted molar refractivity (Wildman–Crippen MR) is 75.0 cm³/mol. The number of ether oxygens (including phenoxy) is 1. The van der Waals surface area contributed by atoms with Crippen molar-refractivity contribution in [2.75, 3.05) is 0 Å². The zero-order valence-corrected chi connectivity index (χ0v) is 12.5. The van der Waals surface area contributed by atoms with Crippen LogP contribution >= 0.6 is 0 Å². The summed E-state index contributed by atoms with van der Waals surface area (Å²) in [5.74, 6) is 0.0344. The molecule has 0 heterocycles. The second-order valence-electron chi connectivity index (χ2n) is 5.60. The van der Waals surface area contributed by atoms with Gasteiger partial charge in [-0.1, -0.05) is 26.0 Å². The van der Waals surface area contributed by atoms with E-state index in [-0.39, 0.29) is 0 Å². The van der Waals surface area contributed by atoms with Gasteiger partial charge in [-0.25, -0.2) is 0 Å². The van der Waals surface area contributed by atoms with Gasteiger partial charge in [0.05, 0.1) is 12.1 Å². The summed E-state index contributed by atoms with van der Waals surface area (Å²) in [5.41, 5.74) is 6.41. The van der Waals surface area contributed by atoms with E-state index in [1.165, 1.54) is 12.1 Å². The highest BCUT2D eigenvalue weighted by Crippen LogP contribution is 2.28. The lowest BCUT2D eigenvalue weighted by Gasteiger charge is -2.21. The number of alkyl halides is 4. The lowest BCUT2D eigenvalue weighted by Crippen LogP contribution is -2.33. The van der Waals surface area contributed by atoms with Gasteiger partial charge in [-0.15, -0.1) is 0 Å². The van der Waals surface area contributed by atoms with E-state index in [2.05, 4.69) is 4.74 Å². The Morgan fingerprint density at radius 1 is 1.14 bits per heavy atom. The summed E-state index contributed by atoms with van der Waals surface area (Å²) in [4.78, 5) is 0. The first-order valence-corrected chi connectivity index (χ1v) is 7.02. The maximum atomic E-state index is 12.8. The zero-order chi connectivity index (χ0) is 16.9. The molecule has 126 valence electrons. The van der Waals surface area contributed by atoms with E-state index in [9.17, 15) is 22.7 Å². The Morgan fingerprint density at radius 2 is 1.68 bits per heavy atom. The van der Waals surface area contributed by atoms with Crippen molar-refractivity contribution >= 4 is 0 Å². The van der Waals surface area contributed by atoms with E-state index >= 15 is 0 Å². The zero-order valence-electron chi connectivity index (χ0n) is 12.5. The number of nitrogens with two attached hydrogens (primary N) is 1. The molecular formula is C15H21F4NO2. The highest BCUT2D eigenvalue weighted by atomic mass is 19.3. The van der Waals surface area contributed by atoms with Crippen LogP contribution in [0.4, 0.5) is 17.6 Å². The van der Waals surface area contributed by atoms with Gasteiger partial charge >= 0.3 is 12.5 Å². The van der Waals surface area contributed by atoms with E-state index in [1.54, 1.807) is 0 Å². The molecule has 0 saturated carbocycles. The maximum Gasteiger partial charge on any atom is 0.461 e. The van der Waals surface area contributed by atoms with Crippen LogP contribution in [0.1, 0.15) is 38.3 Å². The molecule has 0 fully saturated rings. The van der Waals surface area contributed by atoms with Crippen molar-refractivity contribution in [2.24, 2.45) is 11.7 Å². The predicted octanol–water partition coefficient (Wildman–Crippen LogP) is 3.72. The second kappa shape index (κ2) is 7.78. The van der Waals surface area contributed by atoms with Gasteiger partial charge in [0, 0.05) is 0 Å². The van der Waals surface area contributed by atoms with Crippen molar-refractivity contribution < 1.29 is 27.4 Å². The SMILES string of the molecule is CC(C)CC[C@H](O)[C@H](N)c1ccc(OC(F)(F)C(F)F)cc1. The molecule has 1 aromatic carbocycles. The maximum absolute atomic E-state index is 12.8. The van der Waals surface area contributed by atoms with Crippen LogP contribution < -0.4 is 10.5 Å². The molecule has 0 amide bonds. The van der Waals surface area contributed by atoms with Gasteiger partial charge in [-0.3, -0.25) is 0 Å². The van der Waals surface area contributed by atoms with Gasteiger partial charge in [0.15, 0.2) is 0 Å². The molecule has 0 radical (unpaired) electrons. The fourth-order valence-corrected chi connectivity index (χ4v) is 1.87. The number of benzene rings is 1. The fourth-order valence-electron chi connectivity index (χ4n) is 1.87. The molecule has 3 N–H and O–H groups in total. The molecule has 1 rings (SSSR count). The summed E-state index contributed by atoms with van der Waals surface area (Å²) in [6.45, 7) is 4.04. The van der Waals surface area contributed by atoms with Gasteiger partial charge in [0.1, 0.15) is 5.75 Å². The summed E-state index contributed by atoms with van der Waals surface area (Å²) in [5, 5.41) is 9.97. The molecule has 0 aliphatic heterocycles. The van der Waals surface area contributed by atoms with Crippen LogP contribution in [0.3, 0.4) is 0 Å². The Morgan fingerprint density at radius 3 is 2.14 bits per heavy atom. The van der Waals surface area contributed by atoms with Crippen LogP contribution in [0.25, 0.3) is 0 Å². The highest BCUT2D eigenvalue weighted by Gasteiger charge is 2.43. The Labute approximate surface area is 127 Å². The molecular weight excluding hydrogens is 302 g/mol. The minimum Gasteiger partial charge on any atom is -0.428 e. The standard InChI is InChI=1S/C15H21F4NO2/c1-9(2)3-8-12(21)13(20)10-4-6-11(7-5-10)22-15(18,19)14(16)17/h4-7,9,12-14,21H,3,8,20H2,1-2H3/t12-,13+/m0/s1.